The van der Waals surface area contributed by atoms with Crippen LogP contribution in [0.25, 0.3) is 0 Å². The summed E-state index contributed by atoms with van der Waals surface area (Å²) in [6.45, 7) is 2.84. The van der Waals surface area contributed by atoms with E-state index in [9.17, 15) is 4.79 Å². The second-order valence-corrected chi connectivity index (χ2v) is 8.58. The second kappa shape index (κ2) is 13.0. The Morgan fingerprint density at radius 3 is 2.37 bits per heavy atom. The van der Waals surface area contributed by atoms with Gasteiger partial charge >= 0.3 is 0 Å². The second-order valence-electron chi connectivity index (χ2n) is 8.21. The highest BCUT2D eigenvalue weighted by atomic mass is 35.5. The van der Waals surface area contributed by atoms with Crippen molar-refractivity contribution < 1.29 is 14.2 Å². The normalized spacial score (nSPS) is 10.9. The maximum Gasteiger partial charge on any atom is 0.287 e. The van der Waals surface area contributed by atoms with Gasteiger partial charge in [-0.3, -0.25) is 4.79 Å². The van der Waals surface area contributed by atoms with Gasteiger partial charge in [-0.1, -0.05) is 29.8 Å². The lowest BCUT2D eigenvalue weighted by atomic mass is 10.1. The fourth-order valence-electron chi connectivity index (χ4n) is 3.64. The van der Waals surface area contributed by atoms with Gasteiger partial charge < -0.3 is 24.4 Å². The van der Waals surface area contributed by atoms with Crippen LogP contribution in [-0.2, 0) is 13.0 Å². The molecule has 1 aromatic heterocycles. The molecule has 3 aromatic rings. The number of benzene rings is 2. The Morgan fingerprint density at radius 2 is 1.69 bits per heavy atom. The van der Waals surface area contributed by atoms with Crippen molar-refractivity contribution in [1.29, 1.82) is 0 Å². The molecular formula is C26H33ClN4O4. The van der Waals surface area contributed by atoms with Crippen LogP contribution in [0.1, 0.15) is 17.5 Å². The molecule has 9 heteroatoms. The van der Waals surface area contributed by atoms with Gasteiger partial charge in [0.15, 0.2) is 11.5 Å². The van der Waals surface area contributed by atoms with E-state index in [1.54, 1.807) is 27.5 Å². The fraction of sp³-hybridized carbons (Fsp3) is 0.385. The van der Waals surface area contributed by atoms with Crippen LogP contribution < -0.4 is 25.1 Å². The Hall–Kier alpha value is -3.23. The van der Waals surface area contributed by atoms with Crippen molar-refractivity contribution in [1.82, 2.24) is 14.7 Å². The molecule has 0 unspecified atom stereocenters. The topological polar surface area (TPSA) is 77.8 Å². The third-order valence-electron chi connectivity index (χ3n) is 5.74. The Bertz CT molecular complexity index is 1150. The van der Waals surface area contributed by atoms with Gasteiger partial charge in [-0.2, -0.15) is 5.10 Å². The molecule has 0 fully saturated rings. The summed E-state index contributed by atoms with van der Waals surface area (Å²) in [7, 11) is 6.99. The van der Waals surface area contributed by atoms with Crippen molar-refractivity contribution in [3.63, 3.8) is 0 Å². The maximum atomic E-state index is 12.6. The molecule has 0 aliphatic heterocycles. The van der Waals surface area contributed by atoms with Crippen LogP contribution in [0.5, 0.6) is 17.2 Å². The molecule has 3 rings (SSSR count). The van der Waals surface area contributed by atoms with E-state index in [1.807, 2.05) is 36.4 Å². The van der Waals surface area contributed by atoms with Gasteiger partial charge in [-0.25, -0.2) is 4.68 Å². The summed E-state index contributed by atoms with van der Waals surface area (Å²) in [6.07, 6.45) is 3.41. The van der Waals surface area contributed by atoms with Crippen molar-refractivity contribution in [3.05, 3.63) is 75.2 Å². The van der Waals surface area contributed by atoms with E-state index in [0.29, 0.717) is 18.8 Å². The molecule has 2 aromatic carbocycles. The molecule has 8 nitrogen and oxygen atoms in total. The number of aromatic nitrogens is 2. The molecule has 0 atom stereocenters. The number of nitrogens with one attached hydrogen (secondary N) is 1. The van der Waals surface area contributed by atoms with Crippen LogP contribution in [0, 0.1) is 0 Å². The minimum atomic E-state index is -0.320. The number of halogens is 1. The molecular weight excluding hydrogens is 468 g/mol. The number of rotatable bonds is 13. The van der Waals surface area contributed by atoms with Gasteiger partial charge in [0.25, 0.3) is 5.56 Å². The van der Waals surface area contributed by atoms with E-state index < -0.39 is 0 Å². The quantitative estimate of drug-likeness (QED) is 0.356. The lowest BCUT2D eigenvalue weighted by Gasteiger charge is -2.17. The monoisotopic (exact) mass is 500 g/mol. The van der Waals surface area contributed by atoms with Gasteiger partial charge in [-0.05, 0) is 61.8 Å². The van der Waals surface area contributed by atoms with E-state index in [4.69, 9.17) is 25.8 Å². The summed E-state index contributed by atoms with van der Waals surface area (Å²) in [5, 5.41) is 7.66. The smallest absolute Gasteiger partial charge is 0.287 e. The van der Waals surface area contributed by atoms with E-state index >= 15 is 0 Å². The first-order valence-electron chi connectivity index (χ1n) is 11.5. The Balaban J connectivity index is 1.45. The minimum Gasteiger partial charge on any atom is -0.497 e. The molecule has 188 valence electrons. The maximum absolute atomic E-state index is 12.6. The van der Waals surface area contributed by atoms with Crippen molar-refractivity contribution in [2.75, 3.05) is 53.3 Å². The Morgan fingerprint density at radius 1 is 0.971 bits per heavy atom. The number of methoxy groups -OCH3 is 3. The number of anilines is 1. The Kier molecular flexibility index (Phi) is 9.81. The van der Waals surface area contributed by atoms with Crippen molar-refractivity contribution >= 4 is 17.3 Å². The highest BCUT2D eigenvalue weighted by Gasteiger charge is 2.10. The van der Waals surface area contributed by atoms with Crippen molar-refractivity contribution in [2.45, 2.75) is 19.4 Å². The highest BCUT2D eigenvalue weighted by molar-refractivity contribution is 6.32. The first-order chi connectivity index (χ1) is 16.9. The molecule has 35 heavy (non-hydrogen) atoms. The number of ether oxygens (including phenoxy) is 3. The minimum absolute atomic E-state index is 0.148. The molecule has 0 amide bonds. The third-order valence-corrected chi connectivity index (χ3v) is 6.10. The average Bonchev–Trinajstić information content (AvgIpc) is 2.89. The summed E-state index contributed by atoms with van der Waals surface area (Å²) >= 11 is 6.33. The summed E-state index contributed by atoms with van der Waals surface area (Å²) in [5.74, 6) is 2.24. The number of hydrogen-bond acceptors (Lipinski definition) is 7. The number of likely N-dealkylation sites (N-methyl/N-ethyl adjacent to an activating group) is 1. The first-order valence-corrected chi connectivity index (χ1v) is 11.8. The van der Waals surface area contributed by atoms with Gasteiger partial charge in [0.1, 0.15) is 10.8 Å². The van der Waals surface area contributed by atoms with E-state index in [1.165, 1.54) is 10.2 Å². The SMILES string of the molecule is COc1ccc(Cn2ncc(NCCCN(C)CCc3ccc(OC)c(OC)c3)c(Cl)c2=O)cc1. The molecule has 0 aliphatic rings. The molecule has 1 N–H and O–H groups in total. The first kappa shape index (κ1) is 26.4. The molecule has 0 saturated heterocycles. The van der Waals surface area contributed by atoms with Crippen LogP contribution in [-0.4, -0.2) is 62.7 Å². The summed E-state index contributed by atoms with van der Waals surface area (Å²) in [6, 6.07) is 13.5. The van der Waals surface area contributed by atoms with Crippen molar-refractivity contribution in [2.24, 2.45) is 0 Å². The molecule has 0 bridgehead atoms. The van der Waals surface area contributed by atoms with Crippen molar-refractivity contribution in [3.8, 4) is 17.2 Å². The summed E-state index contributed by atoms with van der Waals surface area (Å²) in [4.78, 5) is 14.9. The predicted molar refractivity (Wildman–Crippen MR) is 139 cm³/mol. The molecule has 0 saturated carbocycles. The van der Waals surface area contributed by atoms with Crippen LogP contribution in [0.4, 0.5) is 5.69 Å². The molecule has 1 heterocycles. The number of hydrogen-bond donors (Lipinski definition) is 1. The van der Waals surface area contributed by atoms with E-state index in [-0.39, 0.29) is 10.6 Å². The van der Waals surface area contributed by atoms with Gasteiger partial charge in [0.2, 0.25) is 0 Å². The van der Waals surface area contributed by atoms with Gasteiger partial charge in [0.05, 0.1) is 39.8 Å². The zero-order valence-corrected chi connectivity index (χ0v) is 21.5. The van der Waals surface area contributed by atoms with E-state index in [0.717, 1.165) is 48.7 Å². The lowest BCUT2D eigenvalue weighted by Crippen LogP contribution is -2.26. The summed E-state index contributed by atoms with van der Waals surface area (Å²) < 4.78 is 17.2. The standard InChI is InChI=1S/C26H33ClN4O4/c1-30(15-12-19-8-11-23(34-3)24(16-19)35-4)14-5-13-28-22-17-29-31(26(32)25(22)27)18-20-6-9-21(33-2)10-7-20/h6-11,16-17,28H,5,12-15,18H2,1-4H3. The van der Waals surface area contributed by atoms with Crippen LogP contribution in [0.3, 0.4) is 0 Å². The number of nitrogens with zero attached hydrogens (tertiary/aromatic N) is 3. The Labute approximate surface area is 211 Å². The lowest BCUT2D eigenvalue weighted by molar-refractivity contribution is 0.335. The zero-order valence-electron chi connectivity index (χ0n) is 20.7. The zero-order chi connectivity index (χ0) is 25.2. The molecule has 0 aliphatic carbocycles. The molecule has 0 radical (unpaired) electrons. The van der Waals surface area contributed by atoms with Gasteiger partial charge in [0, 0.05) is 13.1 Å². The average molecular weight is 501 g/mol. The largest absolute Gasteiger partial charge is 0.497 e. The fourth-order valence-corrected chi connectivity index (χ4v) is 3.86. The highest BCUT2D eigenvalue weighted by Crippen LogP contribution is 2.27. The predicted octanol–water partition coefficient (Wildman–Crippen LogP) is 3.95. The summed E-state index contributed by atoms with van der Waals surface area (Å²) in [5.41, 5.74) is 2.36. The van der Waals surface area contributed by atoms with Crippen LogP contribution >= 0.6 is 11.6 Å². The van der Waals surface area contributed by atoms with Crippen LogP contribution in [0.15, 0.2) is 53.5 Å². The van der Waals surface area contributed by atoms with Crippen LogP contribution in [0.2, 0.25) is 5.02 Å². The molecule has 0 spiro atoms. The van der Waals surface area contributed by atoms with E-state index in [2.05, 4.69) is 28.4 Å². The van der Waals surface area contributed by atoms with Gasteiger partial charge in [-0.15, -0.1) is 0 Å². The third kappa shape index (κ3) is 7.37.